The SMILES string of the molecule is CC(NC(=O)c1c[nH]c2ncccc2c1=O)(C(F)(F)F)C(F)(F)F. The number of carbonyl (C=O) groups is 1. The van der Waals surface area contributed by atoms with E-state index in [-0.39, 0.29) is 18.0 Å². The zero-order valence-electron chi connectivity index (χ0n) is 11.8. The summed E-state index contributed by atoms with van der Waals surface area (Å²) in [6.07, 6.45) is -9.61. The second kappa shape index (κ2) is 5.49. The molecule has 0 aliphatic heterocycles. The molecule has 0 saturated carbocycles. The molecule has 0 spiro atoms. The molecule has 5 nitrogen and oxygen atoms in total. The van der Waals surface area contributed by atoms with Crippen molar-refractivity contribution in [2.45, 2.75) is 24.8 Å². The fourth-order valence-corrected chi connectivity index (χ4v) is 1.82. The van der Waals surface area contributed by atoms with Crippen LogP contribution in [0, 0.1) is 0 Å². The van der Waals surface area contributed by atoms with Crippen LogP contribution >= 0.6 is 0 Å². The summed E-state index contributed by atoms with van der Waals surface area (Å²) >= 11 is 0. The monoisotopic (exact) mass is 353 g/mol. The molecular formula is C13H9F6N3O2. The summed E-state index contributed by atoms with van der Waals surface area (Å²) in [5, 5.41) is 0.718. The second-order valence-corrected chi connectivity index (χ2v) is 5.01. The molecule has 0 bridgehead atoms. The van der Waals surface area contributed by atoms with E-state index in [1.807, 2.05) is 0 Å². The third kappa shape index (κ3) is 2.81. The third-order valence-corrected chi connectivity index (χ3v) is 3.39. The number of carbonyl (C=O) groups excluding carboxylic acids is 1. The Morgan fingerprint density at radius 2 is 1.75 bits per heavy atom. The van der Waals surface area contributed by atoms with Gasteiger partial charge in [0.25, 0.3) is 5.91 Å². The fraction of sp³-hybridized carbons (Fsp3) is 0.308. The smallest absolute Gasteiger partial charge is 0.345 e. The molecule has 2 aromatic heterocycles. The van der Waals surface area contributed by atoms with Crippen LogP contribution in [0.15, 0.2) is 29.3 Å². The van der Waals surface area contributed by atoms with E-state index in [2.05, 4.69) is 9.97 Å². The zero-order chi connectivity index (χ0) is 18.3. The molecule has 2 heterocycles. The van der Waals surface area contributed by atoms with Crippen molar-refractivity contribution in [1.82, 2.24) is 15.3 Å². The maximum atomic E-state index is 12.8. The van der Waals surface area contributed by atoms with Gasteiger partial charge in [-0.3, -0.25) is 9.59 Å². The molecule has 0 aliphatic rings. The highest BCUT2D eigenvalue weighted by Gasteiger charge is 2.68. The lowest BCUT2D eigenvalue weighted by Gasteiger charge is -2.34. The topological polar surface area (TPSA) is 74.8 Å². The number of hydrogen-bond acceptors (Lipinski definition) is 3. The molecule has 0 aliphatic carbocycles. The quantitative estimate of drug-likeness (QED) is 0.815. The van der Waals surface area contributed by atoms with E-state index >= 15 is 0 Å². The van der Waals surface area contributed by atoms with Crippen molar-refractivity contribution < 1.29 is 31.1 Å². The molecule has 11 heteroatoms. The number of halogens is 6. The Hall–Kier alpha value is -2.59. The molecular weight excluding hydrogens is 344 g/mol. The third-order valence-electron chi connectivity index (χ3n) is 3.39. The average Bonchev–Trinajstić information content (AvgIpc) is 2.45. The lowest BCUT2D eigenvalue weighted by Crippen LogP contribution is -2.65. The Bertz CT molecular complexity index is 826. The number of amides is 1. The summed E-state index contributed by atoms with van der Waals surface area (Å²) in [5.74, 6) is -1.81. The second-order valence-electron chi connectivity index (χ2n) is 5.01. The van der Waals surface area contributed by atoms with Crippen molar-refractivity contribution in [2.75, 3.05) is 0 Å². The van der Waals surface area contributed by atoms with Crippen molar-refractivity contribution in [2.24, 2.45) is 0 Å². The van der Waals surface area contributed by atoms with E-state index in [9.17, 15) is 35.9 Å². The van der Waals surface area contributed by atoms with Gasteiger partial charge in [0, 0.05) is 12.4 Å². The van der Waals surface area contributed by atoms with E-state index in [4.69, 9.17) is 0 Å². The molecule has 0 fully saturated rings. The number of pyridine rings is 2. The van der Waals surface area contributed by atoms with Crippen molar-refractivity contribution in [3.05, 3.63) is 40.3 Å². The normalized spacial score (nSPS) is 13.1. The highest BCUT2D eigenvalue weighted by atomic mass is 19.4. The minimum Gasteiger partial charge on any atom is -0.345 e. The van der Waals surface area contributed by atoms with E-state index in [0.29, 0.717) is 6.20 Å². The fourth-order valence-electron chi connectivity index (χ4n) is 1.82. The van der Waals surface area contributed by atoms with E-state index in [1.165, 1.54) is 18.3 Å². The predicted molar refractivity (Wildman–Crippen MR) is 70.3 cm³/mol. The summed E-state index contributed by atoms with van der Waals surface area (Å²) in [7, 11) is 0. The van der Waals surface area contributed by atoms with E-state index in [1.54, 1.807) is 0 Å². The van der Waals surface area contributed by atoms with Crippen LogP contribution in [0.1, 0.15) is 17.3 Å². The van der Waals surface area contributed by atoms with Crippen LogP contribution in [-0.2, 0) is 0 Å². The van der Waals surface area contributed by atoms with Crippen molar-refractivity contribution >= 4 is 16.9 Å². The molecule has 0 atom stereocenters. The zero-order valence-corrected chi connectivity index (χ0v) is 11.8. The van der Waals surface area contributed by atoms with Crippen LogP contribution in [0.4, 0.5) is 26.3 Å². The van der Waals surface area contributed by atoms with Crippen molar-refractivity contribution in [3.8, 4) is 0 Å². The Balaban J connectivity index is 2.49. The maximum absolute atomic E-state index is 12.8. The van der Waals surface area contributed by atoms with Crippen LogP contribution < -0.4 is 10.7 Å². The van der Waals surface area contributed by atoms with Gasteiger partial charge in [-0.2, -0.15) is 26.3 Å². The first kappa shape index (κ1) is 17.8. The summed E-state index contributed by atoms with van der Waals surface area (Å²) in [5.41, 5.74) is -6.40. The van der Waals surface area contributed by atoms with E-state index in [0.717, 1.165) is 5.32 Å². The Labute approximate surface area is 129 Å². The molecule has 0 unspecified atom stereocenters. The molecule has 2 rings (SSSR count). The molecule has 2 aromatic rings. The van der Waals surface area contributed by atoms with Gasteiger partial charge >= 0.3 is 12.4 Å². The van der Waals surface area contributed by atoms with Gasteiger partial charge in [-0.15, -0.1) is 0 Å². The molecule has 24 heavy (non-hydrogen) atoms. The van der Waals surface area contributed by atoms with Crippen LogP contribution in [0.5, 0.6) is 0 Å². The van der Waals surface area contributed by atoms with Gasteiger partial charge in [-0.25, -0.2) is 4.98 Å². The largest absolute Gasteiger partial charge is 0.420 e. The summed E-state index contributed by atoms with van der Waals surface area (Å²) < 4.78 is 76.8. The number of hydrogen-bond donors (Lipinski definition) is 2. The van der Waals surface area contributed by atoms with Gasteiger partial charge in [0.15, 0.2) is 0 Å². The summed E-state index contributed by atoms with van der Waals surface area (Å²) in [6, 6.07) is 2.56. The summed E-state index contributed by atoms with van der Waals surface area (Å²) in [4.78, 5) is 30.1. The highest BCUT2D eigenvalue weighted by molar-refractivity contribution is 5.97. The molecule has 2 N–H and O–H groups in total. The average molecular weight is 353 g/mol. The van der Waals surface area contributed by atoms with Crippen molar-refractivity contribution in [1.29, 1.82) is 0 Å². The van der Waals surface area contributed by atoms with Crippen LogP contribution in [0.3, 0.4) is 0 Å². The number of aromatic nitrogens is 2. The standard InChI is InChI=1S/C13H9F6N3O2/c1-11(12(14,15)16,13(17,18)19)22-10(24)7-5-21-9-6(8(7)23)3-2-4-20-9/h2-5H,1H3,(H,22,24)(H,20,21,23). The minimum absolute atomic E-state index is 0.0356. The number of H-pyrrole nitrogens is 1. The Morgan fingerprint density at radius 3 is 2.29 bits per heavy atom. The van der Waals surface area contributed by atoms with Crippen LogP contribution in [-0.4, -0.2) is 33.8 Å². The Kier molecular flexibility index (Phi) is 4.07. The first-order valence-electron chi connectivity index (χ1n) is 6.31. The molecule has 0 radical (unpaired) electrons. The van der Waals surface area contributed by atoms with Gasteiger partial charge in [0.2, 0.25) is 11.0 Å². The van der Waals surface area contributed by atoms with Gasteiger partial charge in [-0.1, -0.05) is 0 Å². The number of nitrogens with zero attached hydrogens (tertiary/aromatic N) is 1. The van der Waals surface area contributed by atoms with Crippen molar-refractivity contribution in [3.63, 3.8) is 0 Å². The highest BCUT2D eigenvalue weighted by Crippen LogP contribution is 2.42. The maximum Gasteiger partial charge on any atom is 0.420 e. The van der Waals surface area contributed by atoms with Crippen LogP contribution in [0.25, 0.3) is 11.0 Å². The summed E-state index contributed by atoms with van der Waals surface area (Å²) in [6.45, 7) is -0.221. The predicted octanol–water partition coefficient (Wildman–Crippen LogP) is 2.54. The number of nitrogens with one attached hydrogen (secondary N) is 2. The molecule has 0 aromatic carbocycles. The lowest BCUT2D eigenvalue weighted by atomic mass is 10.00. The Morgan fingerprint density at radius 1 is 1.17 bits per heavy atom. The number of alkyl halides is 6. The van der Waals surface area contributed by atoms with Gasteiger partial charge in [-0.05, 0) is 19.1 Å². The van der Waals surface area contributed by atoms with E-state index < -0.39 is 34.8 Å². The number of fused-ring (bicyclic) bond motifs is 1. The molecule has 1 amide bonds. The molecule has 130 valence electrons. The molecule has 0 saturated heterocycles. The van der Waals surface area contributed by atoms with Gasteiger partial charge < -0.3 is 10.3 Å². The number of rotatable bonds is 2. The lowest BCUT2D eigenvalue weighted by molar-refractivity contribution is -0.297. The first-order valence-corrected chi connectivity index (χ1v) is 6.31. The van der Waals surface area contributed by atoms with Crippen LogP contribution in [0.2, 0.25) is 0 Å². The first-order chi connectivity index (χ1) is 10.9. The van der Waals surface area contributed by atoms with Gasteiger partial charge in [0.05, 0.1) is 5.39 Å². The van der Waals surface area contributed by atoms with Gasteiger partial charge in [0.1, 0.15) is 11.2 Å². The number of aromatic amines is 1. The minimum atomic E-state index is -5.81.